The van der Waals surface area contributed by atoms with Crippen LogP contribution in [-0.2, 0) is 6.54 Å². The van der Waals surface area contributed by atoms with E-state index in [1.54, 1.807) is 30.3 Å². The second kappa shape index (κ2) is 6.84. The molecule has 1 amide bonds. The van der Waals surface area contributed by atoms with E-state index in [9.17, 15) is 9.59 Å². The number of aromatic nitrogens is 1. The second-order valence-corrected chi connectivity index (χ2v) is 5.31. The largest absolute Gasteiger partial charge is 0.467 e. The van der Waals surface area contributed by atoms with Crippen LogP contribution in [0.5, 0.6) is 0 Å². The summed E-state index contributed by atoms with van der Waals surface area (Å²) in [7, 11) is 0. The van der Waals surface area contributed by atoms with Crippen molar-refractivity contribution in [2.75, 3.05) is 6.54 Å². The summed E-state index contributed by atoms with van der Waals surface area (Å²) in [5, 5.41) is 9.51. The van der Waals surface area contributed by atoms with Crippen molar-refractivity contribution in [2.24, 2.45) is 0 Å². The highest BCUT2D eigenvalue weighted by molar-refractivity contribution is 6.05. The minimum absolute atomic E-state index is 0.202. The number of nitrogens with one attached hydrogen (secondary N) is 1. The van der Waals surface area contributed by atoms with Crippen LogP contribution in [0.15, 0.2) is 57.9 Å². The molecule has 2 heterocycles. The lowest BCUT2D eigenvalue weighted by atomic mass is 10.1. The fourth-order valence-electron chi connectivity index (χ4n) is 2.58. The second-order valence-electron chi connectivity index (χ2n) is 5.31. The van der Waals surface area contributed by atoms with Crippen molar-refractivity contribution in [3.8, 4) is 6.07 Å². The third-order valence-electron chi connectivity index (χ3n) is 3.69. The quantitative estimate of drug-likeness (QED) is 0.782. The van der Waals surface area contributed by atoms with Gasteiger partial charge in [-0.05, 0) is 18.2 Å². The van der Waals surface area contributed by atoms with Gasteiger partial charge in [0.15, 0.2) is 0 Å². The molecule has 0 saturated carbocycles. The fraction of sp³-hybridized carbons (Fsp3) is 0.167. The van der Waals surface area contributed by atoms with Gasteiger partial charge in [-0.3, -0.25) is 9.59 Å². The van der Waals surface area contributed by atoms with E-state index in [1.807, 2.05) is 12.1 Å². The molecular weight excluding hydrogens is 306 g/mol. The van der Waals surface area contributed by atoms with E-state index in [0.29, 0.717) is 22.2 Å². The number of furan rings is 1. The van der Waals surface area contributed by atoms with Crippen molar-refractivity contribution >= 4 is 16.8 Å². The maximum atomic E-state index is 13.0. The fourth-order valence-corrected chi connectivity index (χ4v) is 2.58. The first-order chi connectivity index (χ1) is 11.7. The minimum atomic E-state index is -0.338. The number of carbonyl (C=O) groups is 1. The van der Waals surface area contributed by atoms with Crippen molar-refractivity contribution in [1.29, 1.82) is 5.26 Å². The highest BCUT2D eigenvalue weighted by Gasteiger charge is 2.20. The predicted octanol–water partition coefficient (Wildman–Crippen LogP) is 2.68. The molecule has 6 nitrogen and oxygen atoms in total. The van der Waals surface area contributed by atoms with Crippen LogP contribution in [0.1, 0.15) is 22.5 Å². The van der Waals surface area contributed by atoms with E-state index in [0.717, 1.165) is 0 Å². The molecule has 0 spiro atoms. The zero-order valence-electron chi connectivity index (χ0n) is 12.9. The summed E-state index contributed by atoms with van der Waals surface area (Å²) >= 11 is 0. The average Bonchev–Trinajstić information content (AvgIpc) is 3.10. The van der Waals surface area contributed by atoms with Crippen LogP contribution in [0.2, 0.25) is 0 Å². The van der Waals surface area contributed by atoms with Gasteiger partial charge in [0.2, 0.25) is 5.56 Å². The summed E-state index contributed by atoms with van der Waals surface area (Å²) in [5.41, 5.74) is 0.584. The zero-order chi connectivity index (χ0) is 16.9. The number of hydrogen-bond donors (Lipinski definition) is 1. The number of pyridine rings is 1. The Labute approximate surface area is 137 Å². The van der Waals surface area contributed by atoms with E-state index in [-0.39, 0.29) is 31.0 Å². The summed E-state index contributed by atoms with van der Waals surface area (Å²) < 4.78 is 5.30. The van der Waals surface area contributed by atoms with Gasteiger partial charge >= 0.3 is 0 Å². The molecule has 0 atom stereocenters. The van der Waals surface area contributed by atoms with E-state index in [4.69, 9.17) is 9.68 Å². The molecule has 3 rings (SSSR count). The van der Waals surface area contributed by atoms with E-state index >= 15 is 0 Å². The Morgan fingerprint density at radius 3 is 2.83 bits per heavy atom. The number of nitriles is 1. The van der Waals surface area contributed by atoms with Crippen LogP contribution in [-0.4, -0.2) is 22.3 Å². The summed E-state index contributed by atoms with van der Waals surface area (Å²) in [6.45, 7) is 0.506. The lowest BCUT2D eigenvalue weighted by molar-refractivity contribution is 0.0737. The molecule has 0 aliphatic carbocycles. The summed E-state index contributed by atoms with van der Waals surface area (Å²) in [6, 6.07) is 14.0. The summed E-state index contributed by atoms with van der Waals surface area (Å²) in [5.74, 6) is 0.319. The van der Waals surface area contributed by atoms with Gasteiger partial charge in [-0.1, -0.05) is 18.2 Å². The van der Waals surface area contributed by atoms with Gasteiger partial charge in [-0.2, -0.15) is 5.26 Å². The van der Waals surface area contributed by atoms with Crippen molar-refractivity contribution in [1.82, 2.24) is 9.88 Å². The zero-order valence-corrected chi connectivity index (χ0v) is 12.9. The van der Waals surface area contributed by atoms with Crippen LogP contribution in [0.4, 0.5) is 0 Å². The highest BCUT2D eigenvalue weighted by Crippen LogP contribution is 2.18. The number of nitrogens with zero attached hydrogens (tertiary/aromatic N) is 2. The maximum Gasteiger partial charge on any atom is 0.255 e. The number of H-pyrrole nitrogens is 1. The van der Waals surface area contributed by atoms with Crippen LogP contribution in [0.25, 0.3) is 10.9 Å². The molecule has 0 bridgehead atoms. The smallest absolute Gasteiger partial charge is 0.255 e. The molecule has 0 aliphatic rings. The predicted molar refractivity (Wildman–Crippen MR) is 88.2 cm³/mol. The molecule has 3 aromatic rings. The number of fused-ring (bicyclic) bond motifs is 1. The van der Waals surface area contributed by atoms with Gasteiger partial charge in [0, 0.05) is 23.5 Å². The number of amides is 1. The monoisotopic (exact) mass is 321 g/mol. The molecular formula is C18H15N3O3. The Bertz CT molecular complexity index is 952. The Morgan fingerprint density at radius 2 is 2.08 bits per heavy atom. The van der Waals surface area contributed by atoms with Crippen LogP contribution in [0, 0.1) is 11.3 Å². The van der Waals surface area contributed by atoms with Crippen molar-refractivity contribution in [3.63, 3.8) is 0 Å². The average molecular weight is 321 g/mol. The standard InChI is InChI=1S/C18H15N3O3/c19-8-4-9-21(12-13-5-3-10-24-13)18(23)15-11-17(22)20-16-7-2-1-6-14(15)16/h1-3,5-7,10-11H,4,9,12H2,(H,20,22). The van der Waals surface area contributed by atoms with E-state index < -0.39 is 0 Å². The van der Waals surface area contributed by atoms with Gasteiger partial charge in [0.05, 0.1) is 30.9 Å². The van der Waals surface area contributed by atoms with Crippen molar-refractivity contribution in [3.05, 3.63) is 70.4 Å². The number of para-hydroxylation sites is 1. The van der Waals surface area contributed by atoms with Crippen LogP contribution in [0.3, 0.4) is 0 Å². The van der Waals surface area contributed by atoms with Gasteiger partial charge in [-0.15, -0.1) is 0 Å². The third-order valence-corrected chi connectivity index (χ3v) is 3.69. The minimum Gasteiger partial charge on any atom is -0.467 e. The molecule has 1 N–H and O–H groups in total. The van der Waals surface area contributed by atoms with Gasteiger partial charge in [-0.25, -0.2) is 0 Å². The summed E-state index contributed by atoms with van der Waals surface area (Å²) in [4.78, 5) is 29.1. The molecule has 6 heteroatoms. The van der Waals surface area contributed by atoms with Gasteiger partial charge in [0.1, 0.15) is 5.76 Å². The number of carbonyl (C=O) groups excluding carboxylic acids is 1. The lowest BCUT2D eigenvalue weighted by Gasteiger charge is -2.21. The lowest BCUT2D eigenvalue weighted by Crippen LogP contribution is -2.32. The Hall–Kier alpha value is -3.33. The molecule has 0 unspecified atom stereocenters. The molecule has 2 aromatic heterocycles. The SMILES string of the molecule is N#CCCN(Cc1ccco1)C(=O)c1cc(=O)[nH]c2ccccc12. The molecule has 120 valence electrons. The number of rotatable bonds is 5. The first-order valence-electron chi connectivity index (χ1n) is 7.49. The Morgan fingerprint density at radius 1 is 1.25 bits per heavy atom. The maximum absolute atomic E-state index is 13.0. The number of hydrogen-bond acceptors (Lipinski definition) is 4. The number of benzene rings is 1. The third kappa shape index (κ3) is 3.20. The van der Waals surface area contributed by atoms with Crippen molar-refractivity contribution < 1.29 is 9.21 Å². The summed E-state index contributed by atoms with van der Waals surface area (Å²) in [6.07, 6.45) is 1.73. The molecule has 0 aliphatic heterocycles. The Balaban J connectivity index is 2.00. The van der Waals surface area contributed by atoms with E-state index in [1.165, 1.54) is 17.2 Å². The first-order valence-corrected chi connectivity index (χ1v) is 7.49. The van der Waals surface area contributed by atoms with Gasteiger partial charge in [0.25, 0.3) is 5.91 Å². The topological polar surface area (TPSA) is 90.1 Å². The molecule has 0 saturated heterocycles. The Kier molecular flexibility index (Phi) is 4.43. The van der Waals surface area contributed by atoms with Gasteiger partial charge < -0.3 is 14.3 Å². The normalized spacial score (nSPS) is 10.5. The first kappa shape index (κ1) is 15.6. The molecule has 1 aromatic carbocycles. The highest BCUT2D eigenvalue weighted by atomic mass is 16.3. The molecule has 0 fully saturated rings. The van der Waals surface area contributed by atoms with Crippen LogP contribution < -0.4 is 5.56 Å². The molecule has 24 heavy (non-hydrogen) atoms. The van der Waals surface area contributed by atoms with Crippen molar-refractivity contribution in [2.45, 2.75) is 13.0 Å². The van der Waals surface area contributed by atoms with Crippen LogP contribution >= 0.6 is 0 Å². The molecule has 0 radical (unpaired) electrons. The number of aromatic amines is 1. The van der Waals surface area contributed by atoms with E-state index in [2.05, 4.69) is 4.98 Å².